The van der Waals surface area contributed by atoms with Crippen LogP contribution in [-0.4, -0.2) is 24.2 Å². The van der Waals surface area contributed by atoms with Crippen molar-refractivity contribution in [3.8, 4) is 0 Å². The number of hydrogen-bond donors (Lipinski definition) is 2. The van der Waals surface area contributed by atoms with Crippen LogP contribution in [0.4, 0.5) is 0 Å². The molecule has 3 aromatic rings. The van der Waals surface area contributed by atoms with Crippen LogP contribution in [0.15, 0.2) is 79.5 Å². The molecule has 3 aliphatic rings. The van der Waals surface area contributed by atoms with Gasteiger partial charge < -0.3 is 10.0 Å². The first-order chi connectivity index (χ1) is 14.2. The zero-order valence-electron chi connectivity index (χ0n) is 16.9. The molecule has 0 saturated carbocycles. The zero-order chi connectivity index (χ0) is 19.8. The number of hydrogen-bond acceptors (Lipinski definition) is 1. The number of quaternary nitrogens is 1. The van der Waals surface area contributed by atoms with E-state index in [1.165, 1.54) is 29.4 Å². The maximum atomic E-state index is 11.4. The molecule has 2 aromatic carbocycles. The summed E-state index contributed by atoms with van der Waals surface area (Å²) in [5, 5.41) is 12.6. The van der Waals surface area contributed by atoms with Crippen molar-refractivity contribution in [3.63, 3.8) is 0 Å². The lowest BCUT2D eigenvalue weighted by atomic mass is 9.73. The maximum Gasteiger partial charge on any atom is 0.213 e. The Morgan fingerprint density at radius 2 is 1.90 bits per heavy atom. The monoisotopic (exact) mass is 386 g/mol. The van der Waals surface area contributed by atoms with Crippen molar-refractivity contribution < 1.29 is 14.6 Å². The average molecular weight is 387 g/mol. The summed E-state index contributed by atoms with van der Waals surface area (Å²) < 4.78 is 2.29. The van der Waals surface area contributed by atoms with E-state index < -0.39 is 6.10 Å². The Labute approximate surface area is 172 Å². The van der Waals surface area contributed by atoms with Gasteiger partial charge in [0.1, 0.15) is 12.1 Å². The van der Waals surface area contributed by atoms with Gasteiger partial charge in [-0.2, -0.15) is 4.57 Å². The quantitative estimate of drug-likeness (QED) is 0.512. The highest BCUT2D eigenvalue weighted by atomic mass is 16.3. The number of rotatable bonds is 5. The molecule has 29 heavy (non-hydrogen) atoms. The van der Waals surface area contributed by atoms with Crippen LogP contribution in [0, 0.1) is 11.8 Å². The van der Waals surface area contributed by atoms with E-state index >= 15 is 0 Å². The van der Waals surface area contributed by atoms with Gasteiger partial charge in [-0.15, -0.1) is 6.58 Å². The number of piperidine rings is 3. The molecule has 6 rings (SSSR count). The number of benzene rings is 2. The van der Waals surface area contributed by atoms with Gasteiger partial charge in [0.05, 0.1) is 18.5 Å². The number of nitrogens with one attached hydrogen (secondary N) is 1. The van der Waals surface area contributed by atoms with Gasteiger partial charge in [-0.25, -0.2) is 0 Å². The molecule has 1 unspecified atom stereocenters. The topological polar surface area (TPSA) is 28.6 Å². The van der Waals surface area contributed by atoms with Crippen LogP contribution in [-0.2, 0) is 6.54 Å². The third kappa shape index (κ3) is 3.39. The molecular weight excluding hydrogens is 356 g/mol. The predicted octanol–water partition coefficient (Wildman–Crippen LogP) is 2.69. The molecule has 3 saturated heterocycles. The summed E-state index contributed by atoms with van der Waals surface area (Å²) >= 11 is 0. The second-order valence-corrected chi connectivity index (χ2v) is 8.75. The number of pyridine rings is 1. The molecule has 0 amide bonds. The third-order valence-electron chi connectivity index (χ3n) is 7.18. The molecule has 2 N–H and O–H groups in total. The largest absolute Gasteiger partial charge is 0.382 e. The molecule has 2 bridgehead atoms. The van der Waals surface area contributed by atoms with Crippen LogP contribution in [0.25, 0.3) is 10.9 Å². The van der Waals surface area contributed by atoms with E-state index in [0.29, 0.717) is 17.9 Å². The maximum absolute atomic E-state index is 11.4. The summed E-state index contributed by atoms with van der Waals surface area (Å²) in [5.41, 5.74) is 3.54. The fraction of sp³-hybridized carbons (Fsp3) is 0.346. The summed E-state index contributed by atoms with van der Waals surface area (Å²) in [7, 11) is 0. The Balaban J connectivity index is 1.48. The molecule has 3 aliphatic heterocycles. The van der Waals surface area contributed by atoms with Crippen molar-refractivity contribution in [3.05, 3.63) is 90.6 Å². The highest BCUT2D eigenvalue weighted by Crippen LogP contribution is 2.33. The van der Waals surface area contributed by atoms with Crippen molar-refractivity contribution in [2.24, 2.45) is 11.8 Å². The van der Waals surface area contributed by atoms with Gasteiger partial charge in [0.25, 0.3) is 0 Å². The molecule has 4 heterocycles. The van der Waals surface area contributed by atoms with Crippen molar-refractivity contribution in [2.45, 2.75) is 31.5 Å². The first kappa shape index (κ1) is 18.5. The number of aromatic nitrogens is 1. The minimum Gasteiger partial charge on any atom is -0.382 e. The smallest absolute Gasteiger partial charge is 0.213 e. The Bertz CT molecular complexity index is 1020. The molecule has 3 nitrogen and oxygen atoms in total. The zero-order valence-corrected chi connectivity index (χ0v) is 16.9. The Morgan fingerprint density at radius 1 is 1.10 bits per heavy atom. The van der Waals surface area contributed by atoms with Gasteiger partial charge in [-0.3, -0.25) is 0 Å². The molecule has 0 aliphatic carbocycles. The number of aliphatic hydroxyl groups excluding tert-OH is 1. The van der Waals surface area contributed by atoms with Gasteiger partial charge >= 0.3 is 0 Å². The van der Waals surface area contributed by atoms with Gasteiger partial charge in [0, 0.05) is 42.0 Å². The summed E-state index contributed by atoms with van der Waals surface area (Å²) in [6.45, 7) is 7.17. The highest BCUT2D eigenvalue weighted by Gasteiger charge is 2.46. The van der Waals surface area contributed by atoms with E-state index in [-0.39, 0.29) is 0 Å². The molecule has 5 atom stereocenters. The van der Waals surface area contributed by atoms with Crippen LogP contribution < -0.4 is 9.47 Å². The third-order valence-corrected chi connectivity index (χ3v) is 7.18. The molecule has 0 spiro atoms. The van der Waals surface area contributed by atoms with E-state index in [4.69, 9.17) is 0 Å². The Kier molecular flexibility index (Phi) is 4.94. The summed E-state index contributed by atoms with van der Waals surface area (Å²) in [6, 6.07) is 21.5. The van der Waals surface area contributed by atoms with Gasteiger partial charge in [-0.05, 0) is 12.0 Å². The average Bonchev–Trinajstić information content (AvgIpc) is 2.79. The lowest BCUT2D eigenvalue weighted by Crippen LogP contribution is -3.20. The number of para-hydroxylation sites is 1. The van der Waals surface area contributed by atoms with Gasteiger partial charge in [-0.1, -0.05) is 48.5 Å². The SMILES string of the molecule is C=C[C@@H]1C[NH+]2CC[C@H]1C[C@@H]2[C@H](O)c1cc[n+](Cc2ccccc2)c2ccccc12. The molecule has 0 radical (unpaired) electrons. The lowest BCUT2D eigenvalue weighted by Gasteiger charge is -2.47. The van der Waals surface area contributed by atoms with Crippen molar-refractivity contribution in [2.75, 3.05) is 13.1 Å². The second-order valence-electron chi connectivity index (χ2n) is 8.75. The predicted molar refractivity (Wildman–Crippen MR) is 116 cm³/mol. The fourth-order valence-electron chi connectivity index (χ4n) is 5.61. The van der Waals surface area contributed by atoms with Crippen LogP contribution >= 0.6 is 0 Å². The minimum atomic E-state index is -0.421. The molecule has 148 valence electrons. The fourth-order valence-corrected chi connectivity index (χ4v) is 5.61. The van der Waals surface area contributed by atoms with Gasteiger partial charge in [0.15, 0.2) is 12.7 Å². The lowest BCUT2D eigenvalue weighted by molar-refractivity contribution is -0.949. The standard InChI is InChI=1S/C26H29N2O/c1-2-20-18-28-14-12-21(20)16-25(28)26(29)23-13-15-27(17-19-8-4-3-5-9-19)24-11-7-6-10-22(23)24/h2-11,13,15,20-21,25-26,29H,1,12,14,16-18H2/q+1/p+1/t20-,21+,25-,26-/m1/s1. The van der Waals surface area contributed by atoms with E-state index in [1.54, 1.807) is 4.90 Å². The first-order valence-electron chi connectivity index (χ1n) is 10.8. The summed E-state index contributed by atoms with van der Waals surface area (Å²) in [5.74, 6) is 1.30. The van der Waals surface area contributed by atoms with E-state index in [1.807, 2.05) is 0 Å². The highest BCUT2D eigenvalue weighted by molar-refractivity contribution is 5.79. The normalized spacial score (nSPS) is 27.1. The van der Waals surface area contributed by atoms with E-state index in [9.17, 15) is 5.11 Å². The van der Waals surface area contributed by atoms with E-state index in [0.717, 1.165) is 25.1 Å². The summed E-state index contributed by atoms with van der Waals surface area (Å²) in [4.78, 5) is 1.55. The Morgan fingerprint density at radius 3 is 2.66 bits per heavy atom. The van der Waals surface area contributed by atoms with Crippen molar-refractivity contribution in [1.29, 1.82) is 0 Å². The first-order valence-corrected chi connectivity index (χ1v) is 10.8. The minimum absolute atomic E-state index is 0.290. The van der Waals surface area contributed by atoms with Crippen LogP contribution in [0.2, 0.25) is 0 Å². The second kappa shape index (κ2) is 7.74. The molecule has 3 heteroatoms. The Hall–Kier alpha value is -2.49. The van der Waals surface area contributed by atoms with Crippen LogP contribution in [0.3, 0.4) is 0 Å². The van der Waals surface area contributed by atoms with Gasteiger partial charge in [0.2, 0.25) is 5.52 Å². The number of aliphatic hydroxyl groups is 1. The number of fused-ring (bicyclic) bond motifs is 4. The molecule has 3 fully saturated rings. The van der Waals surface area contributed by atoms with Crippen molar-refractivity contribution >= 4 is 10.9 Å². The number of nitrogens with zero attached hydrogens (tertiary/aromatic N) is 1. The van der Waals surface area contributed by atoms with Crippen LogP contribution in [0.5, 0.6) is 0 Å². The molecule has 1 aromatic heterocycles. The van der Waals surface area contributed by atoms with E-state index in [2.05, 4.69) is 84.1 Å². The summed E-state index contributed by atoms with van der Waals surface area (Å²) in [6.07, 6.45) is 6.22. The molecular formula is C26H30N2O+2. The van der Waals surface area contributed by atoms with Crippen molar-refractivity contribution in [1.82, 2.24) is 0 Å². The van der Waals surface area contributed by atoms with Crippen LogP contribution in [0.1, 0.15) is 30.1 Å².